The Bertz CT molecular complexity index is 615. The second kappa shape index (κ2) is 7.59. The Kier molecular flexibility index (Phi) is 5.45. The topological polar surface area (TPSA) is 52.6 Å². The molecule has 4 nitrogen and oxygen atoms in total. The minimum absolute atomic E-state index is 0.166. The lowest BCUT2D eigenvalue weighted by atomic mass is 9.71. The van der Waals surface area contributed by atoms with E-state index < -0.39 is 5.41 Å². The summed E-state index contributed by atoms with van der Waals surface area (Å²) in [4.78, 5) is 25.5. The monoisotopic (exact) mass is 344 g/mol. The van der Waals surface area contributed by atoms with Gasteiger partial charge < -0.3 is 9.47 Å². The Morgan fingerprint density at radius 3 is 2.40 bits per heavy atom. The van der Waals surface area contributed by atoms with E-state index in [-0.39, 0.29) is 24.0 Å². The number of rotatable bonds is 5. The molecule has 2 saturated carbocycles. The molecular weight excluding hydrogens is 316 g/mol. The van der Waals surface area contributed by atoms with E-state index in [1.165, 1.54) is 0 Å². The molecule has 136 valence electrons. The molecule has 0 heterocycles. The van der Waals surface area contributed by atoms with Gasteiger partial charge in [0.2, 0.25) is 0 Å². The second-order valence-corrected chi connectivity index (χ2v) is 7.39. The molecule has 0 saturated heterocycles. The number of benzene rings is 1. The molecule has 0 bridgehead atoms. The molecule has 2 fully saturated rings. The highest BCUT2D eigenvalue weighted by molar-refractivity contribution is 5.90. The normalized spacial score (nSPS) is 26.6. The number of carbonyl (C=O) groups excluding carboxylic acids is 2. The Morgan fingerprint density at radius 1 is 1.08 bits per heavy atom. The first kappa shape index (κ1) is 18.0. The molecular formula is C21H28O4. The predicted molar refractivity (Wildman–Crippen MR) is 95.3 cm³/mol. The van der Waals surface area contributed by atoms with E-state index in [2.05, 4.69) is 0 Å². The summed E-state index contributed by atoms with van der Waals surface area (Å²) in [6.07, 6.45) is 6.38. The number of ether oxygens (including phenoxy) is 2. The van der Waals surface area contributed by atoms with Crippen LogP contribution in [0.4, 0.5) is 0 Å². The molecule has 2 aliphatic carbocycles. The number of carbonyl (C=O) groups is 2. The first-order valence-corrected chi connectivity index (χ1v) is 9.52. The summed E-state index contributed by atoms with van der Waals surface area (Å²) >= 11 is 0. The number of hydrogen-bond donors (Lipinski definition) is 0. The third-order valence-electron chi connectivity index (χ3n) is 5.91. The van der Waals surface area contributed by atoms with E-state index in [0.29, 0.717) is 12.2 Å². The summed E-state index contributed by atoms with van der Waals surface area (Å²) in [5, 5.41) is 0. The fourth-order valence-corrected chi connectivity index (χ4v) is 4.62. The van der Waals surface area contributed by atoms with Crippen LogP contribution in [0.3, 0.4) is 0 Å². The van der Waals surface area contributed by atoms with Crippen LogP contribution in [-0.4, -0.2) is 24.6 Å². The molecule has 0 N–H and O–H groups in total. The van der Waals surface area contributed by atoms with Crippen LogP contribution in [0.25, 0.3) is 0 Å². The van der Waals surface area contributed by atoms with Gasteiger partial charge in [0.1, 0.15) is 11.5 Å². The van der Waals surface area contributed by atoms with Crippen LogP contribution < -0.4 is 0 Å². The summed E-state index contributed by atoms with van der Waals surface area (Å²) in [5.41, 5.74) is 0.998. The minimum atomic E-state index is -0.646. The van der Waals surface area contributed by atoms with Gasteiger partial charge in [-0.15, -0.1) is 0 Å². The highest BCUT2D eigenvalue weighted by atomic mass is 16.6. The Balaban J connectivity index is 1.83. The molecule has 2 aliphatic rings. The van der Waals surface area contributed by atoms with Gasteiger partial charge in [0.15, 0.2) is 0 Å². The van der Waals surface area contributed by atoms with Gasteiger partial charge in [0, 0.05) is 0 Å². The minimum Gasteiger partial charge on any atom is -0.465 e. The molecule has 0 aromatic heterocycles. The average Bonchev–Trinajstić information content (AvgIpc) is 3.25. The lowest BCUT2D eigenvalue weighted by Gasteiger charge is -2.37. The predicted octanol–water partition coefficient (Wildman–Crippen LogP) is 4.44. The van der Waals surface area contributed by atoms with Crippen molar-refractivity contribution in [3.05, 3.63) is 35.4 Å². The van der Waals surface area contributed by atoms with Gasteiger partial charge in [-0.25, -0.2) is 4.79 Å². The zero-order chi connectivity index (χ0) is 17.9. The van der Waals surface area contributed by atoms with Crippen LogP contribution in [0.5, 0.6) is 0 Å². The van der Waals surface area contributed by atoms with Crippen LogP contribution in [0.15, 0.2) is 24.3 Å². The first-order valence-electron chi connectivity index (χ1n) is 9.52. The third-order valence-corrected chi connectivity index (χ3v) is 5.91. The largest absolute Gasteiger partial charge is 0.465 e. The third kappa shape index (κ3) is 3.44. The van der Waals surface area contributed by atoms with Crippen molar-refractivity contribution >= 4 is 11.9 Å². The van der Waals surface area contributed by atoms with Gasteiger partial charge in [-0.3, -0.25) is 4.79 Å². The molecule has 4 heteroatoms. The zero-order valence-electron chi connectivity index (χ0n) is 15.3. The van der Waals surface area contributed by atoms with Gasteiger partial charge in [0.25, 0.3) is 0 Å². The zero-order valence-corrected chi connectivity index (χ0v) is 15.3. The molecule has 0 aliphatic heterocycles. The van der Waals surface area contributed by atoms with Gasteiger partial charge in [-0.2, -0.15) is 0 Å². The summed E-state index contributed by atoms with van der Waals surface area (Å²) in [5.74, 6) is -0.232. The summed E-state index contributed by atoms with van der Waals surface area (Å²) in [6, 6.07) is 7.38. The van der Waals surface area contributed by atoms with Crippen LogP contribution in [0.2, 0.25) is 0 Å². The number of esters is 2. The lowest BCUT2D eigenvalue weighted by molar-refractivity contribution is -0.166. The number of hydrogen-bond acceptors (Lipinski definition) is 4. The lowest BCUT2D eigenvalue weighted by Crippen LogP contribution is -2.47. The fourth-order valence-electron chi connectivity index (χ4n) is 4.62. The summed E-state index contributed by atoms with van der Waals surface area (Å²) in [6.45, 7) is 4.19. The molecule has 3 rings (SSSR count). The second-order valence-electron chi connectivity index (χ2n) is 7.39. The molecule has 0 amide bonds. The number of aryl methyl sites for hydroxylation is 1. The SMILES string of the molecule is CCOC(=O)C1(C2CCCC2)CCCC1OC(=O)c1ccc(C)cc1. The highest BCUT2D eigenvalue weighted by Gasteiger charge is 2.57. The van der Waals surface area contributed by atoms with Crippen molar-refractivity contribution in [3.8, 4) is 0 Å². The van der Waals surface area contributed by atoms with Crippen molar-refractivity contribution in [1.82, 2.24) is 0 Å². The summed E-state index contributed by atoms with van der Waals surface area (Å²) < 4.78 is 11.3. The van der Waals surface area contributed by atoms with E-state index in [1.807, 2.05) is 26.0 Å². The van der Waals surface area contributed by atoms with Gasteiger partial charge in [0.05, 0.1) is 12.2 Å². The maximum absolute atomic E-state index is 12.9. The van der Waals surface area contributed by atoms with E-state index in [9.17, 15) is 9.59 Å². The Hall–Kier alpha value is -1.84. The molecule has 0 spiro atoms. The smallest absolute Gasteiger partial charge is 0.338 e. The summed E-state index contributed by atoms with van der Waals surface area (Å²) in [7, 11) is 0. The molecule has 2 atom stereocenters. The molecule has 1 aromatic carbocycles. The fraction of sp³-hybridized carbons (Fsp3) is 0.619. The molecule has 0 radical (unpaired) electrons. The van der Waals surface area contributed by atoms with Gasteiger partial charge in [-0.1, -0.05) is 30.5 Å². The van der Waals surface area contributed by atoms with Crippen molar-refractivity contribution in [2.75, 3.05) is 6.61 Å². The molecule has 2 unspecified atom stereocenters. The van der Waals surface area contributed by atoms with Crippen LogP contribution >= 0.6 is 0 Å². The molecule has 25 heavy (non-hydrogen) atoms. The van der Waals surface area contributed by atoms with E-state index >= 15 is 0 Å². The average molecular weight is 344 g/mol. The van der Waals surface area contributed by atoms with Crippen molar-refractivity contribution in [2.45, 2.75) is 64.9 Å². The van der Waals surface area contributed by atoms with Gasteiger partial charge >= 0.3 is 11.9 Å². The standard InChI is InChI=1S/C21H28O4/c1-3-24-20(23)21(17-7-4-5-8-17)14-6-9-18(21)25-19(22)16-12-10-15(2)11-13-16/h10-13,17-18H,3-9,14H2,1-2H3. The maximum Gasteiger partial charge on any atom is 0.338 e. The van der Waals surface area contributed by atoms with E-state index in [4.69, 9.17) is 9.47 Å². The van der Waals surface area contributed by atoms with Crippen LogP contribution in [0, 0.1) is 18.3 Å². The maximum atomic E-state index is 12.9. The molecule has 1 aromatic rings. The van der Waals surface area contributed by atoms with E-state index in [0.717, 1.165) is 50.5 Å². The highest BCUT2D eigenvalue weighted by Crippen LogP contribution is 2.52. The van der Waals surface area contributed by atoms with Crippen molar-refractivity contribution in [2.24, 2.45) is 11.3 Å². The Labute approximate surface area is 149 Å². The Morgan fingerprint density at radius 2 is 1.76 bits per heavy atom. The van der Waals surface area contributed by atoms with Crippen LogP contribution in [0.1, 0.15) is 67.8 Å². The van der Waals surface area contributed by atoms with Crippen LogP contribution in [-0.2, 0) is 14.3 Å². The van der Waals surface area contributed by atoms with Gasteiger partial charge in [-0.05, 0) is 64.0 Å². The van der Waals surface area contributed by atoms with Crippen molar-refractivity contribution < 1.29 is 19.1 Å². The quantitative estimate of drug-likeness (QED) is 0.741. The van der Waals surface area contributed by atoms with Crippen molar-refractivity contribution in [1.29, 1.82) is 0 Å². The first-order chi connectivity index (χ1) is 12.1. The van der Waals surface area contributed by atoms with Crippen molar-refractivity contribution in [3.63, 3.8) is 0 Å². The van der Waals surface area contributed by atoms with E-state index in [1.54, 1.807) is 12.1 Å².